The zero-order chi connectivity index (χ0) is 17.4. The maximum Gasteiger partial charge on any atom is 0.231 e. The van der Waals surface area contributed by atoms with Gasteiger partial charge in [-0.15, -0.1) is 24.8 Å². The second-order valence-electron chi connectivity index (χ2n) is 6.99. The highest BCUT2D eigenvalue weighted by molar-refractivity contribution is 5.95. The van der Waals surface area contributed by atoms with Gasteiger partial charge in [-0.05, 0) is 62.9 Å². The lowest BCUT2D eigenvalue weighted by atomic mass is 9.81. The first-order valence-electron chi connectivity index (χ1n) is 9.46. The molecular formula is C20H35Cl2N3O. The molecule has 0 spiro atoms. The summed E-state index contributed by atoms with van der Waals surface area (Å²) in [4.78, 5) is 15.1. The lowest BCUT2D eigenvalue weighted by Crippen LogP contribution is -2.41. The Labute approximate surface area is 171 Å². The third kappa shape index (κ3) is 6.73. The van der Waals surface area contributed by atoms with Crippen molar-refractivity contribution in [1.82, 2.24) is 4.90 Å². The van der Waals surface area contributed by atoms with Gasteiger partial charge in [-0.3, -0.25) is 4.79 Å². The smallest absolute Gasteiger partial charge is 0.231 e. The minimum Gasteiger partial charge on any atom is -0.329 e. The molecule has 1 aromatic rings. The van der Waals surface area contributed by atoms with Crippen molar-refractivity contribution >= 4 is 36.4 Å². The molecule has 1 heterocycles. The summed E-state index contributed by atoms with van der Waals surface area (Å²) in [5, 5.41) is 3.04. The Morgan fingerprint density at radius 1 is 1.08 bits per heavy atom. The van der Waals surface area contributed by atoms with Crippen molar-refractivity contribution in [2.45, 2.75) is 52.4 Å². The third-order valence-electron chi connectivity index (χ3n) is 5.60. The number of nitrogens with two attached hydrogens (primary N) is 1. The number of nitrogens with zero attached hydrogens (tertiary/aromatic N) is 1. The van der Waals surface area contributed by atoms with Crippen molar-refractivity contribution in [2.75, 3.05) is 31.5 Å². The number of piperidine rings is 1. The molecular weight excluding hydrogens is 369 g/mol. The molecule has 1 aliphatic heterocycles. The molecule has 0 bridgehead atoms. The molecule has 1 fully saturated rings. The first-order valence-corrected chi connectivity index (χ1v) is 9.46. The Bertz CT molecular complexity index is 504. The van der Waals surface area contributed by atoms with Crippen LogP contribution in [0.2, 0.25) is 0 Å². The fraction of sp³-hybridized carbons (Fsp3) is 0.650. The Morgan fingerprint density at radius 3 is 2.15 bits per heavy atom. The maximum absolute atomic E-state index is 12.5. The van der Waals surface area contributed by atoms with Gasteiger partial charge in [0.15, 0.2) is 0 Å². The lowest BCUT2D eigenvalue weighted by Gasteiger charge is -2.28. The topological polar surface area (TPSA) is 58.4 Å². The van der Waals surface area contributed by atoms with Gasteiger partial charge in [-0.1, -0.05) is 32.4 Å². The van der Waals surface area contributed by atoms with E-state index < -0.39 is 5.41 Å². The molecule has 150 valence electrons. The zero-order valence-electron chi connectivity index (χ0n) is 16.1. The summed E-state index contributed by atoms with van der Waals surface area (Å²) in [6.45, 7) is 8.05. The van der Waals surface area contributed by atoms with Crippen LogP contribution >= 0.6 is 24.8 Å². The van der Waals surface area contributed by atoms with Crippen LogP contribution in [-0.2, 0) is 11.2 Å². The van der Waals surface area contributed by atoms with Gasteiger partial charge in [0.25, 0.3) is 0 Å². The first kappa shape index (κ1) is 25.2. The number of hydrogen-bond acceptors (Lipinski definition) is 3. The van der Waals surface area contributed by atoms with E-state index in [1.807, 2.05) is 26.0 Å². The number of carbonyl (C=O) groups is 1. The zero-order valence-corrected chi connectivity index (χ0v) is 17.8. The van der Waals surface area contributed by atoms with E-state index in [2.05, 4.69) is 22.3 Å². The number of anilines is 1. The number of halogens is 2. The molecule has 1 amide bonds. The molecule has 1 aliphatic rings. The fourth-order valence-electron chi connectivity index (χ4n) is 3.44. The van der Waals surface area contributed by atoms with Gasteiger partial charge < -0.3 is 16.0 Å². The van der Waals surface area contributed by atoms with E-state index in [0.29, 0.717) is 6.54 Å². The van der Waals surface area contributed by atoms with E-state index in [-0.39, 0.29) is 30.7 Å². The number of benzene rings is 1. The molecule has 0 saturated carbocycles. The average Bonchev–Trinajstić information content (AvgIpc) is 2.64. The second kappa shape index (κ2) is 12.6. The lowest BCUT2D eigenvalue weighted by molar-refractivity contribution is -0.125. The Kier molecular flexibility index (Phi) is 12.2. The van der Waals surface area contributed by atoms with Gasteiger partial charge in [-0.2, -0.15) is 0 Å². The van der Waals surface area contributed by atoms with Gasteiger partial charge in [-0.25, -0.2) is 0 Å². The Hall–Kier alpha value is -0.810. The summed E-state index contributed by atoms with van der Waals surface area (Å²) in [5.74, 6) is 0.0380. The Morgan fingerprint density at radius 2 is 1.65 bits per heavy atom. The number of hydrogen-bond donors (Lipinski definition) is 2. The minimum absolute atomic E-state index is 0. The van der Waals surface area contributed by atoms with Crippen molar-refractivity contribution in [3.05, 3.63) is 29.8 Å². The number of carbonyl (C=O) groups excluding carboxylic acids is 1. The van der Waals surface area contributed by atoms with Crippen LogP contribution in [0.3, 0.4) is 0 Å². The number of rotatable bonds is 8. The van der Waals surface area contributed by atoms with Crippen LogP contribution in [0, 0.1) is 5.41 Å². The van der Waals surface area contributed by atoms with Crippen LogP contribution in [0.5, 0.6) is 0 Å². The standard InChI is InChI=1S/C20H33N3O.2ClH/c1-3-20(4-2,16-21)19(24)22-18-10-8-17(9-11-18)12-15-23-13-6-5-7-14-23;;/h8-11H,3-7,12-16,21H2,1-2H3,(H,22,24);2*1H. The summed E-state index contributed by atoms with van der Waals surface area (Å²) in [7, 11) is 0. The minimum atomic E-state index is -0.451. The van der Waals surface area contributed by atoms with Crippen molar-refractivity contribution < 1.29 is 4.79 Å². The average molecular weight is 404 g/mol. The van der Waals surface area contributed by atoms with E-state index >= 15 is 0 Å². The molecule has 6 heteroatoms. The van der Waals surface area contributed by atoms with Crippen LogP contribution in [0.15, 0.2) is 24.3 Å². The summed E-state index contributed by atoms with van der Waals surface area (Å²) >= 11 is 0. The third-order valence-corrected chi connectivity index (χ3v) is 5.60. The quantitative estimate of drug-likeness (QED) is 0.681. The maximum atomic E-state index is 12.5. The molecule has 1 aromatic carbocycles. The van der Waals surface area contributed by atoms with E-state index in [0.717, 1.165) is 31.5 Å². The van der Waals surface area contributed by atoms with E-state index in [9.17, 15) is 4.79 Å². The predicted octanol–water partition coefficient (Wildman–Crippen LogP) is 4.26. The van der Waals surface area contributed by atoms with Gasteiger partial charge in [0, 0.05) is 18.8 Å². The molecule has 0 unspecified atom stereocenters. The fourth-order valence-corrected chi connectivity index (χ4v) is 3.44. The molecule has 0 atom stereocenters. The predicted molar refractivity (Wildman–Crippen MR) is 116 cm³/mol. The number of nitrogens with one attached hydrogen (secondary N) is 1. The monoisotopic (exact) mass is 403 g/mol. The Balaban J connectivity index is 0.00000312. The van der Waals surface area contributed by atoms with Crippen LogP contribution in [-0.4, -0.2) is 37.0 Å². The highest BCUT2D eigenvalue weighted by atomic mass is 35.5. The molecule has 3 N–H and O–H groups in total. The van der Waals surface area contributed by atoms with Gasteiger partial charge in [0.1, 0.15) is 0 Å². The van der Waals surface area contributed by atoms with Crippen molar-refractivity contribution in [1.29, 1.82) is 0 Å². The van der Waals surface area contributed by atoms with Gasteiger partial charge in [0.05, 0.1) is 5.41 Å². The largest absolute Gasteiger partial charge is 0.329 e. The molecule has 0 aliphatic carbocycles. The summed E-state index contributed by atoms with van der Waals surface area (Å²) in [6.07, 6.45) is 6.65. The van der Waals surface area contributed by atoms with Crippen LogP contribution < -0.4 is 11.1 Å². The molecule has 1 saturated heterocycles. The van der Waals surface area contributed by atoms with Crippen LogP contribution in [0.1, 0.15) is 51.5 Å². The van der Waals surface area contributed by atoms with Crippen molar-refractivity contribution in [3.8, 4) is 0 Å². The van der Waals surface area contributed by atoms with Crippen molar-refractivity contribution in [2.24, 2.45) is 11.1 Å². The molecule has 0 radical (unpaired) electrons. The highest BCUT2D eigenvalue weighted by Crippen LogP contribution is 2.27. The molecule has 2 rings (SSSR count). The first-order chi connectivity index (χ1) is 11.6. The van der Waals surface area contributed by atoms with Crippen LogP contribution in [0.4, 0.5) is 5.69 Å². The molecule has 4 nitrogen and oxygen atoms in total. The second-order valence-corrected chi connectivity index (χ2v) is 6.99. The summed E-state index contributed by atoms with van der Waals surface area (Å²) in [5.41, 5.74) is 7.59. The summed E-state index contributed by atoms with van der Waals surface area (Å²) in [6, 6.07) is 8.27. The van der Waals surface area contributed by atoms with Gasteiger partial charge in [0.2, 0.25) is 5.91 Å². The van der Waals surface area contributed by atoms with Gasteiger partial charge >= 0.3 is 0 Å². The molecule has 0 aromatic heterocycles. The SMILES string of the molecule is CCC(CC)(CN)C(=O)Nc1ccc(CCN2CCCCC2)cc1.Cl.Cl. The van der Waals surface area contributed by atoms with Crippen molar-refractivity contribution in [3.63, 3.8) is 0 Å². The summed E-state index contributed by atoms with van der Waals surface area (Å²) < 4.78 is 0. The van der Waals surface area contributed by atoms with E-state index in [1.165, 1.54) is 37.9 Å². The van der Waals surface area contributed by atoms with E-state index in [1.54, 1.807) is 0 Å². The number of likely N-dealkylation sites (tertiary alicyclic amines) is 1. The van der Waals surface area contributed by atoms with E-state index in [4.69, 9.17) is 5.73 Å². The highest BCUT2D eigenvalue weighted by Gasteiger charge is 2.33. The normalized spacial score (nSPS) is 14.9. The number of amides is 1. The van der Waals surface area contributed by atoms with Crippen LogP contribution in [0.25, 0.3) is 0 Å². The molecule has 26 heavy (non-hydrogen) atoms.